The van der Waals surface area contributed by atoms with Gasteiger partial charge in [0.2, 0.25) is 0 Å². The summed E-state index contributed by atoms with van der Waals surface area (Å²) >= 11 is 0. The van der Waals surface area contributed by atoms with Crippen molar-refractivity contribution in [2.24, 2.45) is 11.8 Å². The van der Waals surface area contributed by atoms with E-state index in [0.717, 1.165) is 17.5 Å². The van der Waals surface area contributed by atoms with Crippen molar-refractivity contribution in [3.05, 3.63) is 23.5 Å². The maximum absolute atomic E-state index is 12.5. The van der Waals surface area contributed by atoms with Gasteiger partial charge in [-0.25, -0.2) is 4.98 Å². The van der Waals surface area contributed by atoms with Gasteiger partial charge in [0.25, 0.3) is 5.91 Å². The summed E-state index contributed by atoms with van der Waals surface area (Å²) in [5, 5.41) is 11.1. The SMILES string of the molecule is Cc1[nH]nc2ncc(C(=O)N[C@@H]3CCC[C@@H](C)[C@H]3C)cc12. The summed E-state index contributed by atoms with van der Waals surface area (Å²) in [4.78, 5) is 16.7. The van der Waals surface area contributed by atoms with E-state index < -0.39 is 0 Å². The highest BCUT2D eigenvalue weighted by atomic mass is 16.1. The minimum atomic E-state index is -0.0315. The zero-order valence-electron chi connectivity index (χ0n) is 12.8. The molecule has 0 saturated heterocycles. The Morgan fingerprint density at radius 1 is 1.38 bits per heavy atom. The molecule has 1 saturated carbocycles. The third-order valence-corrected chi connectivity index (χ3v) is 4.89. The van der Waals surface area contributed by atoms with Crippen molar-refractivity contribution in [1.82, 2.24) is 20.5 Å². The Hall–Kier alpha value is -1.91. The van der Waals surface area contributed by atoms with Crippen LogP contribution in [0.5, 0.6) is 0 Å². The number of aromatic nitrogens is 3. The van der Waals surface area contributed by atoms with Gasteiger partial charge < -0.3 is 5.32 Å². The number of pyridine rings is 1. The lowest BCUT2D eigenvalue weighted by atomic mass is 9.78. The topological polar surface area (TPSA) is 70.7 Å². The molecule has 1 aliphatic rings. The number of hydrogen-bond donors (Lipinski definition) is 2. The van der Waals surface area contributed by atoms with Gasteiger partial charge in [-0.15, -0.1) is 0 Å². The van der Waals surface area contributed by atoms with Crippen LogP contribution in [0.4, 0.5) is 0 Å². The summed E-state index contributed by atoms with van der Waals surface area (Å²) in [5.74, 6) is 1.16. The second kappa shape index (κ2) is 5.47. The van der Waals surface area contributed by atoms with Crippen LogP contribution in [0.2, 0.25) is 0 Å². The third kappa shape index (κ3) is 2.64. The summed E-state index contributed by atoms with van der Waals surface area (Å²) in [5.41, 5.74) is 2.20. The Balaban J connectivity index is 1.78. The molecule has 5 nitrogen and oxygen atoms in total. The van der Waals surface area contributed by atoms with Gasteiger partial charge in [-0.3, -0.25) is 9.89 Å². The van der Waals surface area contributed by atoms with Crippen LogP contribution in [0.15, 0.2) is 12.3 Å². The Kier molecular flexibility index (Phi) is 3.66. The molecule has 0 radical (unpaired) electrons. The molecular formula is C16H22N4O. The number of carbonyl (C=O) groups is 1. The predicted octanol–water partition coefficient (Wildman–Crippen LogP) is 2.82. The summed E-state index contributed by atoms with van der Waals surface area (Å²) in [6.45, 7) is 6.44. The molecule has 1 amide bonds. The predicted molar refractivity (Wildman–Crippen MR) is 82.1 cm³/mol. The second-order valence-electron chi connectivity index (χ2n) is 6.29. The van der Waals surface area contributed by atoms with Gasteiger partial charge in [0.1, 0.15) is 0 Å². The number of amides is 1. The lowest BCUT2D eigenvalue weighted by molar-refractivity contribution is 0.0891. The summed E-state index contributed by atoms with van der Waals surface area (Å²) < 4.78 is 0. The number of aromatic amines is 1. The fourth-order valence-corrected chi connectivity index (χ4v) is 3.18. The molecular weight excluding hydrogens is 264 g/mol. The molecule has 21 heavy (non-hydrogen) atoms. The zero-order valence-corrected chi connectivity index (χ0v) is 12.8. The van der Waals surface area contributed by atoms with E-state index in [0.29, 0.717) is 23.0 Å². The van der Waals surface area contributed by atoms with E-state index in [-0.39, 0.29) is 11.9 Å². The van der Waals surface area contributed by atoms with Crippen LogP contribution < -0.4 is 5.32 Å². The van der Waals surface area contributed by atoms with E-state index in [2.05, 4.69) is 34.3 Å². The molecule has 1 fully saturated rings. The molecule has 3 atom stereocenters. The quantitative estimate of drug-likeness (QED) is 0.891. The molecule has 0 spiro atoms. The van der Waals surface area contributed by atoms with E-state index in [1.807, 2.05) is 13.0 Å². The van der Waals surface area contributed by atoms with Crippen LogP contribution in [0.25, 0.3) is 11.0 Å². The van der Waals surface area contributed by atoms with Crippen LogP contribution in [0.3, 0.4) is 0 Å². The molecule has 2 aromatic rings. The van der Waals surface area contributed by atoms with Crippen molar-refractivity contribution < 1.29 is 4.79 Å². The molecule has 3 rings (SSSR count). The monoisotopic (exact) mass is 286 g/mol. The number of nitrogens with zero attached hydrogens (tertiary/aromatic N) is 2. The number of carbonyl (C=O) groups excluding carboxylic acids is 1. The number of rotatable bonds is 2. The molecule has 112 valence electrons. The highest BCUT2D eigenvalue weighted by molar-refractivity contribution is 5.97. The lowest BCUT2D eigenvalue weighted by Crippen LogP contribution is -2.43. The normalized spacial score (nSPS) is 26.0. The van der Waals surface area contributed by atoms with Gasteiger partial charge in [0.05, 0.1) is 5.56 Å². The highest BCUT2D eigenvalue weighted by Crippen LogP contribution is 2.29. The number of fused-ring (bicyclic) bond motifs is 1. The molecule has 2 heterocycles. The highest BCUT2D eigenvalue weighted by Gasteiger charge is 2.28. The van der Waals surface area contributed by atoms with Crippen molar-refractivity contribution in [1.29, 1.82) is 0 Å². The van der Waals surface area contributed by atoms with Gasteiger partial charge in [-0.2, -0.15) is 5.10 Å². The standard InChI is InChI=1S/C16H22N4O/c1-9-5-4-6-14(10(9)2)18-16(21)12-7-13-11(3)19-20-15(13)17-8-12/h7-10,14H,4-6H2,1-3H3,(H,18,21)(H,17,19,20)/t9-,10-,14-/m1/s1. The fraction of sp³-hybridized carbons (Fsp3) is 0.562. The van der Waals surface area contributed by atoms with Crippen molar-refractivity contribution in [3.63, 3.8) is 0 Å². The summed E-state index contributed by atoms with van der Waals surface area (Å²) in [6, 6.07) is 2.13. The number of nitrogens with one attached hydrogen (secondary N) is 2. The number of H-pyrrole nitrogens is 1. The Bertz CT molecular complexity index is 663. The van der Waals surface area contributed by atoms with Crippen LogP contribution in [-0.2, 0) is 0 Å². The smallest absolute Gasteiger partial charge is 0.253 e. The van der Waals surface area contributed by atoms with Gasteiger partial charge in [0.15, 0.2) is 5.65 Å². The van der Waals surface area contributed by atoms with Crippen LogP contribution in [0, 0.1) is 18.8 Å². The van der Waals surface area contributed by atoms with E-state index in [9.17, 15) is 4.79 Å². The maximum Gasteiger partial charge on any atom is 0.253 e. The number of aryl methyl sites for hydroxylation is 1. The zero-order chi connectivity index (χ0) is 15.0. The van der Waals surface area contributed by atoms with Crippen molar-refractivity contribution >= 4 is 16.9 Å². The molecule has 1 aliphatic carbocycles. The largest absolute Gasteiger partial charge is 0.349 e. The molecule has 2 N–H and O–H groups in total. The van der Waals surface area contributed by atoms with E-state index in [4.69, 9.17) is 0 Å². The van der Waals surface area contributed by atoms with Gasteiger partial charge in [-0.05, 0) is 31.2 Å². The van der Waals surface area contributed by atoms with E-state index in [1.54, 1.807) is 6.20 Å². The van der Waals surface area contributed by atoms with Crippen LogP contribution >= 0.6 is 0 Å². The van der Waals surface area contributed by atoms with Crippen LogP contribution in [-0.4, -0.2) is 27.1 Å². The fourth-order valence-electron chi connectivity index (χ4n) is 3.18. The van der Waals surface area contributed by atoms with Gasteiger partial charge >= 0.3 is 0 Å². The molecule has 0 aromatic carbocycles. The molecule has 0 unspecified atom stereocenters. The lowest BCUT2D eigenvalue weighted by Gasteiger charge is -2.34. The molecule has 2 aromatic heterocycles. The minimum Gasteiger partial charge on any atom is -0.349 e. The minimum absolute atomic E-state index is 0.0315. The van der Waals surface area contributed by atoms with Crippen molar-refractivity contribution in [2.75, 3.05) is 0 Å². The van der Waals surface area contributed by atoms with E-state index in [1.165, 1.54) is 12.8 Å². The Morgan fingerprint density at radius 2 is 2.19 bits per heavy atom. The summed E-state index contributed by atoms with van der Waals surface area (Å²) in [6.07, 6.45) is 5.12. The van der Waals surface area contributed by atoms with Crippen LogP contribution in [0.1, 0.15) is 49.2 Å². The number of hydrogen-bond acceptors (Lipinski definition) is 3. The first-order valence-electron chi connectivity index (χ1n) is 7.68. The molecule has 0 aliphatic heterocycles. The Labute approximate surface area is 124 Å². The van der Waals surface area contributed by atoms with Crippen molar-refractivity contribution in [3.8, 4) is 0 Å². The average Bonchev–Trinajstić information content (AvgIpc) is 2.85. The molecule has 5 heteroatoms. The van der Waals surface area contributed by atoms with Gasteiger partial charge in [-0.1, -0.05) is 26.7 Å². The maximum atomic E-state index is 12.5. The Morgan fingerprint density at radius 3 is 3.00 bits per heavy atom. The third-order valence-electron chi connectivity index (χ3n) is 4.89. The summed E-state index contributed by atoms with van der Waals surface area (Å²) in [7, 11) is 0. The van der Waals surface area contributed by atoms with E-state index >= 15 is 0 Å². The first-order valence-corrected chi connectivity index (χ1v) is 7.68. The van der Waals surface area contributed by atoms with Gasteiger partial charge in [0, 0.05) is 23.3 Å². The second-order valence-corrected chi connectivity index (χ2v) is 6.29. The first-order chi connectivity index (χ1) is 10.1. The molecule has 0 bridgehead atoms. The first kappa shape index (κ1) is 14.0. The average molecular weight is 286 g/mol. The van der Waals surface area contributed by atoms with Crippen molar-refractivity contribution in [2.45, 2.75) is 46.1 Å².